The molecule has 6 heterocycles. The molecule has 0 saturated carbocycles. The van der Waals surface area contributed by atoms with E-state index < -0.39 is 5.97 Å². The van der Waals surface area contributed by atoms with Crippen LogP contribution in [-0.2, 0) is 14.1 Å². The number of fused-ring (bicyclic) bond motifs is 6. The Morgan fingerprint density at radius 1 is 0.745 bits per heavy atom. The summed E-state index contributed by atoms with van der Waals surface area (Å²) < 4.78 is 18.4. The van der Waals surface area contributed by atoms with Crippen molar-refractivity contribution in [2.75, 3.05) is 25.3 Å². The topological polar surface area (TPSA) is 215 Å². The van der Waals surface area contributed by atoms with Crippen molar-refractivity contribution in [2.24, 2.45) is 14.1 Å². The van der Waals surface area contributed by atoms with Gasteiger partial charge in [0, 0.05) is 38.6 Å². The van der Waals surface area contributed by atoms with E-state index in [0.29, 0.717) is 15.7 Å². The number of methoxy groups -OCH3 is 2. The van der Waals surface area contributed by atoms with Gasteiger partial charge in [-0.3, -0.25) is 23.2 Å². The summed E-state index contributed by atoms with van der Waals surface area (Å²) in [5.41, 5.74) is 7.09. The summed E-state index contributed by atoms with van der Waals surface area (Å²) in [6.07, 6.45) is 3.21. The van der Waals surface area contributed by atoms with Crippen LogP contribution in [0.2, 0.25) is 0 Å². The van der Waals surface area contributed by atoms with Crippen molar-refractivity contribution < 1.29 is 24.2 Å². The first kappa shape index (κ1) is 34.3. The number of ether oxygens (including phenoxy) is 2. The molecule has 0 fully saturated rings. The van der Waals surface area contributed by atoms with E-state index >= 15 is 0 Å². The summed E-state index contributed by atoms with van der Waals surface area (Å²) in [6.45, 7) is 0. The van der Waals surface area contributed by atoms with Crippen LogP contribution in [0.25, 0.3) is 30.4 Å². The number of nitrogens with two attached hydrogens (primary N) is 1. The second-order valence-electron chi connectivity index (χ2n) is 10.6. The third-order valence-corrected chi connectivity index (χ3v) is 9.27. The molecule has 0 aliphatic rings. The minimum atomic E-state index is -1.01. The quantitative estimate of drug-likeness (QED) is 0.232. The van der Waals surface area contributed by atoms with Crippen molar-refractivity contribution in [2.45, 2.75) is 0 Å². The van der Waals surface area contributed by atoms with Gasteiger partial charge in [0.05, 0.1) is 34.7 Å². The zero-order chi connectivity index (χ0) is 36.4. The number of imidazole rings is 2. The lowest BCUT2D eigenvalue weighted by molar-refractivity contribution is 0.0691. The number of thiazole rings is 2. The number of amides is 1. The number of benzene rings is 2. The molecule has 4 N–H and O–H groups in total. The predicted octanol–water partition coefficient (Wildman–Crippen LogP) is 3.52. The number of carboxylic acids is 1. The lowest BCUT2D eigenvalue weighted by Crippen LogP contribution is -2.21. The second-order valence-corrected chi connectivity index (χ2v) is 12.6. The molecule has 6 aromatic heterocycles. The van der Waals surface area contributed by atoms with E-state index in [1.165, 1.54) is 64.9 Å². The van der Waals surface area contributed by atoms with Crippen molar-refractivity contribution >= 4 is 76.5 Å². The largest absolute Gasteiger partial charge is 0.497 e. The Labute approximate surface area is 294 Å². The molecule has 8 rings (SSSR count). The molecular formula is C32H28N10O7S2. The maximum atomic E-state index is 12.4. The van der Waals surface area contributed by atoms with Crippen LogP contribution in [0.5, 0.6) is 11.5 Å². The van der Waals surface area contributed by atoms with E-state index in [0.717, 1.165) is 36.6 Å². The number of rotatable bonds is 5. The molecule has 0 unspecified atom stereocenters. The van der Waals surface area contributed by atoms with Gasteiger partial charge in [0.1, 0.15) is 23.0 Å². The average Bonchev–Trinajstić information content (AvgIpc) is 3.87. The summed E-state index contributed by atoms with van der Waals surface area (Å²) in [7, 11) is 6.31. The van der Waals surface area contributed by atoms with E-state index in [9.17, 15) is 19.2 Å². The zero-order valence-corrected chi connectivity index (χ0v) is 28.9. The highest BCUT2D eigenvalue weighted by Gasteiger charge is 2.16. The third kappa shape index (κ3) is 7.23. The summed E-state index contributed by atoms with van der Waals surface area (Å²) >= 11 is 2.91. The highest BCUT2D eigenvalue weighted by atomic mass is 32.1. The molecule has 0 spiro atoms. The van der Waals surface area contributed by atoms with Gasteiger partial charge < -0.3 is 25.6 Å². The number of nitrogen functional groups attached to an aromatic ring is 1. The maximum Gasteiger partial charge on any atom is 0.356 e. The van der Waals surface area contributed by atoms with Gasteiger partial charge in [-0.15, -0.1) is 0 Å². The fraction of sp³-hybridized carbons (Fsp3) is 0.125. The summed E-state index contributed by atoms with van der Waals surface area (Å²) in [5.74, 6) is 0.803. The number of aromatic nitrogens is 8. The molecular weight excluding hydrogens is 701 g/mol. The Balaban J connectivity index is 0.000000148. The van der Waals surface area contributed by atoms with Crippen molar-refractivity contribution in [3.63, 3.8) is 0 Å². The smallest absolute Gasteiger partial charge is 0.356 e. The molecule has 51 heavy (non-hydrogen) atoms. The van der Waals surface area contributed by atoms with E-state index in [-0.39, 0.29) is 34.2 Å². The Hall–Kier alpha value is -6.60. The van der Waals surface area contributed by atoms with Crippen LogP contribution in [0.3, 0.4) is 0 Å². The monoisotopic (exact) mass is 728 g/mol. The molecule has 0 aliphatic heterocycles. The first-order chi connectivity index (χ1) is 24.4. The summed E-state index contributed by atoms with van der Waals surface area (Å²) in [6, 6.07) is 17.0. The number of carbonyl (C=O) groups excluding carboxylic acids is 1. The van der Waals surface area contributed by atoms with Gasteiger partial charge >= 0.3 is 5.97 Å². The van der Waals surface area contributed by atoms with Gasteiger partial charge in [0.25, 0.3) is 17.0 Å². The van der Waals surface area contributed by atoms with Gasteiger partial charge in [-0.25, -0.2) is 24.1 Å². The van der Waals surface area contributed by atoms with Gasteiger partial charge in [-0.1, -0.05) is 22.7 Å². The number of nitrogens with one attached hydrogen (secondary N) is 1. The molecule has 19 heteroatoms. The third-order valence-electron chi connectivity index (χ3n) is 7.24. The molecule has 0 radical (unpaired) electrons. The number of carbonyl (C=O) groups is 2. The molecule has 0 saturated heterocycles. The fourth-order valence-corrected chi connectivity index (χ4v) is 6.77. The van der Waals surface area contributed by atoms with E-state index in [1.807, 2.05) is 40.8 Å². The van der Waals surface area contributed by atoms with E-state index in [1.54, 1.807) is 31.9 Å². The molecule has 260 valence electrons. The number of hydrogen-bond donors (Lipinski definition) is 3. The van der Waals surface area contributed by atoms with Crippen molar-refractivity contribution in [1.82, 2.24) is 38.3 Å². The number of hydrogen-bond acceptors (Lipinski definition) is 13. The Bertz CT molecular complexity index is 2700. The van der Waals surface area contributed by atoms with E-state index in [4.69, 9.17) is 20.3 Å². The predicted molar refractivity (Wildman–Crippen MR) is 193 cm³/mol. The first-order valence-corrected chi connectivity index (χ1v) is 16.4. The van der Waals surface area contributed by atoms with E-state index in [2.05, 4.69) is 25.5 Å². The lowest BCUT2D eigenvalue weighted by atomic mass is 10.3. The highest BCUT2D eigenvalue weighted by molar-refractivity contribution is 7.24. The molecule has 0 aliphatic carbocycles. The molecule has 2 aromatic carbocycles. The summed E-state index contributed by atoms with van der Waals surface area (Å²) in [5, 5.41) is 19.1. The van der Waals surface area contributed by atoms with Gasteiger partial charge in [-0.2, -0.15) is 10.2 Å². The van der Waals surface area contributed by atoms with Crippen molar-refractivity contribution in [3.05, 3.63) is 105 Å². The average molecular weight is 729 g/mol. The van der Waals surface area contributed by atoms with Crippen LogP contribution in [0.15, 0.2) is 82.6 Å². The minimum Gasteiger partial charge on any atom is -0.497 e. The molecule has 0 atom stereocenters. The van der Waals surface area contributed by atoms with Crippen molar-refractivity contribution in [1.29, 1.82) is 0 Å². The fourth-order valence-electron chi connectivity index (χ4n) is 4.70. The van der Waals surface area contributed by atoms with Crippen LogP contribution in [-0.4, -0.2) is 69.5 Å². The standard InChI is InChI=1S/C16H13N5O3S.C11H8N2O3S.C5H7N3O/c1-20-14(22)6-5-13(19-20)18-15(23)10-8-21-11-4-3-9(24-2)7-12(11)25-16(21)17-10;1-16-6-2-3-8-9(4-6)17-11-12-7(10(14)15)5-13(8)11;1-8-5(9)3-2-4(6)7-8/h3-8H,1-2H3,(H,18,19,23);2-5H,1H3,(H,14,15);2-3H,1H3,(H2,6,7). The van der Waals surface area contributed by atoms with Gasteiger partial charge in [0.2, 0.25) is 0 Å². The number of nitrogens with zero attached hydrogens (tertiary/aromatic N) is 8. The van der Waals surface area contributed by atoms with Crippen LogP contribution < -0.4 is 31.6 Å². The number of anilines is 2. The number of aromatic carboxylic acids is 1. The minimum absolute atomic E-state index is 0.0639. The van der Waals surface area contributed by atoms with Crippen LogP contribution >= 0.6 is 22.7 Å². The molecule has 0 bridgehead atoms. The number of aryl methyl sites for hydroxylation is 2. The Morgan fingerprint density at radius 2 is 1.25 bits per heavy atom. The maximum absolute atomic E-state index is 12.4. The summed E-state index contributed by atoms with van der Waals surface area (Å²) in [4.78, 5) is 55.0. The highest BCUT2D eigenvalue weighted by Crippen LogP contribution is 2.30. The van der Waals surface area contributed by atoms with Gasteiger partial charge in [0.15, 0.2) is 21.4 Å². The van der Waals surface area contributed by atoms with Crippen LogP contribution in [0, 0.1) is 0 Å². The normalized spacial score (nSPS) is 10.8. The first-order valence-electron chi connectivity index (χ1n) is 14.7. The van der Waals surface area contributed by atoms with Gasteiger partial charge in [-0.05, 0) is 48.5 Å². The second kappa shape index (κ2) is 14.1. The molecule has 8 aromatic rings. The zero-order valence-electron chi connectivity index (χ0n) is 27.3. The van der Waals surface area contributed by atoms with Crippen LogP contribution in [0.1, 0.15) is 21.0 Å². The Kier molecular flexibility index (Phi) is 9.47. The Morgan fingerprint density at radius 3 is 1.75 bits per heavy atom. The molecule has 1 amide bonds. The van der Waals surface area contributed by atoms with Crippen LogP contribution in [0.4, 0.5) is 11.6 Å². The van der Waals surface area contributed by atoms with Crippen molar-refractivity contribution in [3.8, 4) is 11.5 Å². The number of carboxylic acid groups (broad SMARTS) is 1. The SMILES string of the molecule is COc1ccc2c(c1)sc1nc(C(=O)Nc3ccc(=O)n(C)n3)cn12.COc1ccc2c(c1)sc1nc(C(=O)O)cn12.Cn1nc(N)ccc1=O. The lowest BCUT2D eigenvalue weighted by Gasteiger charge is -2.03. The molecule has 17 nitrogen and oxygen atoms in total.